The van der Waals surface area contributed by atoms with Gasteiger partial charge in [-0.15, -0.1) is 0 Å². The Morgan fingerprint density at radius 2 is 1.93 bits per heavy atom. The van der Waals surface area contributed by atoms with Gasteiger partial charge in [0.25, 0.3) is 0 Å². The van der Waals surface area contributed by atoms with Crippen LogP contribution in [0.15, 0.2) is 61.1 Å². The van der Waals surface area contributed by atoms with Crippen molar-refractivity contribution in [2.75, 3.05) is 5.32 Å². The average molecular weight is 384 g/mol. The van der Waals surface area contributed by atoms with Crippen LogP contribution < -0.4 is 5.32 Å². The number of carbonyl (C=O) groups excluding carboxylic acids is 1. The van der Waals surface area contributed by atoms with E-state index in [1.165, 1.54) is 10.9 Å². The van der Waals surface area contributed by atoms with Gasteiger partial charge in [-0.25, -0.2) is 14.3 Å². The first-order valence-electron chi connectivity index (χ1n) is 8.66. The first-order valence-corrected chi connectivity index (χ1v) is 9.04. The van der Waals surface area contributed by atoms with Crippen molar-refractivity contribution in [3.05, 3.63) is 71.6 Å². The molecule has 3 rings (SSSR count). The summed E-state index contributed by atoms with van der Waals surface area (Å²) in [5.41, 5.74) is 3.19. The summed E-state index contributed by atoms with van der Waals surface area (Å²) in [4.78, 5) is 16.4. The van der Waals surface area contributed by atoms with E-state index in [1.807, 2.05) is 69.3 Å². The van der Waals surface area contributed by atoms with E-state index in [1.54, 1.807) is 6.20 Å². The number of benzene rings is 2. The largest absolute Gasteiger partial charge is 0.443 e. The third-order valence-corrected chi connectivity index (χ3v) is 3.99. The Kier molecular flexibility index (Phi) is 5.51. The van der Waals surface area contributed by atoms with Crippen molar-refractivity contribution in [3.63, 3.8) is 0 Å². The fraction of sp³-hybridized carbons (Fsp3) is 0.238. The van der Waals surface area contributed by atoms with Crippen molar-refractivity contribution in [1.82, 2.24) is 9.55 Å². The van der Waals surface area contributed by atoms with E-state index in [-0.39, 0.29) is 0 Å². The van der Waals surface area contributed by atoms with Gasteiger partial charge in [-0.1, -0.05) is 35.9 Å². The summed E-state index contributed by atoms with van der Waals surface area (Å²) < 4.78 is 6.69. The molecule has 0 radical (unpaired) electrons. The highest BCUT2D eigenvalue weighted by Crippen LogP contribution is 2.21. The molecule has 0 fully saturated rings. The van der Waals surface area contributed by atoms with Gasteiger partial charge in [0.2, 0.25) is 0 Å². The van der Waals surface area contributed by atoms with E-state index in [4.69, 9.17) is 16.3 Å². The minimum Gasteiger partial charge on any atom is -0.443 e. The Hall–Kier alpha value is -2.79. The van der Waals surface area contributed by atoms with Crippen LogP contribution in [0.1, 0.15) is 26.3 Å². The van der Waals surface area contributed by atoms with Crippen molar-refractivity contribution >= 4 is 23.4 Å². The van der Waals surface area contributed by atoms with Crippen LogP contribution in [-0.4, -0.2) is 21.2 Å². The molecule has 1 heterocycles. The minimum absolute atomic E-state index is 0.443. The summed E-state index contributed by atoms with van der Waals surface area (Å²) in [6, 6.07) is 15.6. The summed E-state index contributed by atoms with van der Waals surface area (Å²) in [6.07, 6.45) is 2.69. The van der Waals surface area contributed by atoms with E-state index in [2.05, 4.69) is 10.3 Å². The highest BCUT2D eigenvalue weighted by atomic mass is 35.5. The number of aromatic nitrogens is 2. The van der Waals surface area contributed by atoms with E-state index < -0.39 is 11.7 Å². The van der Waals surface area contributed by atoms with Crippen molar-refractivity contribution in [2.45, 2.75) is 32.9 Å². The lowest BCUT2D eigenvalue weighted by molar-refractivity contribution is 0.0536. The molecular formula is C21H22ClN3O2. The zero-order chi connectivity index (χ0) is 19.4. The van der Waals surface area contributed by atoms with Crippen LogP contribution in [-0.2, 0) is 11.3 Å². The lowest BCUT2D eigenvalue weighted by atomic mass is 10.1. The topological polar surface area (TPSA) is 56.2 Å². The number of hydrogen-bond donors (Lipinski definition) is 1. The van der Waals surface area contributed by atoms with Crippen LogP contribution in [0.25, 0.3) is 11.3 Å². The van der Waals surface area contributed by atoms with E-state index in [0.29, 0.717) is 12.2 Å². The second kappa shape index (κ2) is 7.84. The predicted octanol–water partition coefficient (Wildman–Crippen LogP) is 5.60. The lowest BCUT2D eigenvalue weighted by Crippen LogP contribution is -2.26. The van der Waals surface area contributed by atoms with E-state index in [0.717, 1.165) is 21.8 Å². The van der Waals surface area contributed by atoms with Gasteiger partial charge in [-0.05, 0) is 50.6 Å². The van der Waals surface area contributed by atoms with Crippen LogP contribution in [0.2, 0.25) is 5.02 Å². The van der Waals surface area contributed by atoms with Crippen molar-refractivity contribution < 1.29 is 9.53 Å². The highest BCUT2D eigenvalue weighted by Gasteiger charge is 2.18. The standard InChI is InChI=1S/C21H22ClN3O2/c1-21(2,3)27-20(26)25-13-19(24-14-25)16-7-9-18(10-8-16)23-12-15-5-4-6-17(22)11-15/h4-11,13-14,23H,12H2,1-3H3. The molecule has 0 saturated carbocycles. The Morgan fingerprint density at radius 1 is 1.19 bits per heavy atom. The van der Waals surface area contributed by atoms with Crippen molar-refractivity contribution in [1.29, 1.82) is 0 Å². The first-order chi connectivity index (χ1) is 12.8. The molecule has 6 heteroatoms. The number of nitrogens with zero attached hydrogens (tertiary/aromatic N) is 2. The smallest absolute Gasteiger partial charge is 0.419 e. The normalized spacial score (nSPS) is 11.3. The molecule has 0 unspecified atom stereocenters. The number of imidazole rings is 1. The number of carbonyl (C=O) groups is 1. The SMILES string of the molecule is CC(C)(C)OC(=O)n1cnc(-c2ccc(NCc3cccc(Cl)c3)cc2)c1. The van der Waals surface area contributed by atoms with Gasteiger partial charge in [0.05, 0.1) is 5.69 Å². The van der Waals surface area contributed by atoms with Crippen LogP contribution in [0.3, 0.4) is 0 Å². The number of nitrogens with one attached hydrogen (secondary N) is 1. The third-order valence-electron chi connectivity index (χ3n) is 3.75. The Morgan fingerprint density at radius 3 is 2.59 bits per heavy atom. The minimum atomic E-state index is -0.544. The summed E-state index contributed by atoms with van der Waals surface area (Å²) in [7, 11) is 0. The van der Waals surface area contributed by atoms with E-state index in [9.17, 15) is 4.79 Å². The maximum atomic E-state index is 12.1. The molecule has 0 aliphatic heterocycles. The Labute approximate surface area is 164 Å². The zero-order valence-corrected chi connectivity index (χ0v) is 16.3. The summed E-state index contributed by atoms with van der Waals surface area (Å²) in [5.74, 6) is 0. The van der Waals surface area contributed by atoms with Gasteiger partial charge in [0.15, 0.2) is 0 Å². The molecule has 27 heavy (non-hydrogen) atoms. The second-order valence-corrected chi connectivity index (χ2v) is 7.64. The maximum Gasteiger partial charge on any atom is 0.419 e. The van der Waals surface area contributed by atoms with Crippen LogP contribution >= 0.6 is 11.6 Å². The summed E-state index contributed by atoms with van der Waals surface area (Å²) in [5, 5.41) is 4.08. The fourth-order valence-electron chi connectivity index (χ4n) is 2.50. The Bertz CT molecular complexity index is 927. The number of rotatable bonds is 4. The van der Waals surface area contributed by atoms with Crippen molar-refractivity contribution in [3.8, 4) is 11.3 Å². The summed E-state index contributed by atoms with van der Waals surface area (Å²) in [6.45, 7) is 6.18. The Balaban J connectivity index is 1.64. The maximum absolute atomic E-state index is 12.1. The quantitative estimate of drug-likeness (QED) is 0.637. The van der Waals surface area contributed by atoms with Gasteiger partial charge < -0.3 is 10.1 Å². The number of anilines is 1. The van der Waals surface area contributed by atoms with Crippen LogP contribution in [0.5, 0.6) is 0 Å². The lowest BCUT2D eigenvalue weighted by Gasteiger charge is -2.19. The number of ether oxygens (including phenoxy) is 1. The van der Waals surface area contributed by atoms with Gasteiger partial charge in [0, 0.05) is 29.0 Å². The number of hydrogen-bond acceptors (Lipinski definition) is 4. The third kappa shape index (κ3) is 5.34. The highest BCUT2D eigenvalue weighted by molar-refractivity contribution is 6.30. The van der Waals surface area contributed by atoms with Gasteiger partial charge in [-0.2, -0.15) is 0 Å². The monoisotopic (exact) mass is 383 g/mol. The van der Waals surface area contributed by atoms with Crippen LogP contribution in [0.4, 0.5) is 10.5 Å². The van der Waals surface area contributed by atoms with Crippen LogP contribution in [0, 0.1) is 0 Å². The summed E-state index contributed by atoms with van der Waals surface area (Å²) >= 11 is 6.01. The predicted molar refractivity (Wildman–Crippen MR) is 108 cm³/mol. The number of halogens is 1. The molecule has 1 aromatic heterocycles. The molecule has 1 N–H and O–H groups in total. The molecule has 0 aliphatic carbocycles. The van der Waals surface area contributed by atoms with Gasteiger partial charge >= 0.3 is 6.09 Å². The molecule has 0 atom stereocenters. The molecule has 3 aromatic rings. The molecule has 0 bridgehead atoms. The zero-order valence-electron chi connectivity index (χ0n) is 15.6. The molecular weight excluding hydrogens is 362 g/mol. The molecule has 0 saturated heterocycles. The molecule has 2 aromatic carbocycles. The molecule has 0 amide bonds. The average Bonchev–Trinajstić information content (AvgIpc) is 3.09. The van der Waals surface area contributed by atoms with Crippen molar-refractivity contribution in [2.24, 2.45) is 0 Å². The molecule has 5 nitrogen and oxygen atoms in total. The van der Waals surface area contributed by atoms with Gasteiger partial charge in [-0.3, -0.25) is 0 Å². The van der Waals surface area contributed by atoms with E-state index >= 15 is 0 Å². The molecule has 0 spiro atoms. The fourth-order valence-corrected chi connectivity index (χ4v) is 2.71. The first kappa shape index (κ1) is 19.0. The molecule has 0 aliphatic rings. The van der Waals surface area contributed by atoms with Gasteiger partial charge in [0.1, 0.15) is 11.9 Å². The molecule has 140 valence electrons. The second-order valence-electron chi connectivity index (χ2n) is 7.21.